The number of benzene rings is 1. The first kappa shape index (κ1) is 17.5. The van der Waals surface area contributed by atoms with Gasteiger partial charge in [-0.25, -0.2) is 4.79 Å². The zero-order valence-electron chi connectivity index (χ0n) is 13.3. The molecule has 116 valence electrons. The lowest BCUT2D eigenvalue weighted by atomic mass is 10.0. The van der Waals surface area contributed by atoms with Gasteiger partial charge in [0.2, 0.25) is 0 Å². The van der Waals surface area contributed by atoms with E-state index in [1.165, 1.54) is 44.1 Å². The van der Waals surface area contributed by atoms with E-state index in [0.717, 1.165) is 12.8 Å². The van der Waals surface area contributed by atoms with Crippen molar-refractivity contribution in [3.05, 3.63) is 48.0 Å². The molecular weight excluding hydrogens is 260 g/mol. The van der Waals surface area contributed by atoms with Crippen molar-refractivity contribution in [2.45, 2.75) is 58.3 Å². The quantitative estimate of drug-likeness (QED) is 0.322. The van der Waals surface area contributed by atoms with Crippen molar-refractivity contribution in [2.75, 3.05) is 6.61 Å². The first-order valence-corrected chi connectivity index (χ1v) is 8.06. The van der Waals surface area contributed by atoms with Crippen LogP contribution in [0.5, 0.6) is 0 Å². The SMILES string of the molecule is C=C(C)C(=O)OCCCCCCCCCc1ccccc1. The Labute approximate surface area is 129 Å². The zero-order valence-corrected chi connectivity index (χ0v) is 13.3. The maximum Gasteiger partial charge on any atom is 0.333 e. The van der Waals surface area contributed by atoms with Crippen LogP contribution < -0.4 is 0 Å². The standard InChI is InChI=1S/C19H28O2/c1-17(2)19(20)21-16-12-7-5-3-4-6-9-13-18-14-10-8-11-15-18/h8,10-11,14-15H,1,3-7,9,12-13,16H2,2H3. The predicted octanol–water partition coefficient (Wildman–Crippen LogP) is 5.08. The van der Waals surface area contributed by atoms with Crippen LogP contribution in [0.15, 0.2) is 42.5 Å². The number of carbonyl (C=O) groups is 1. The van der Waals surface area contributed by atoms with Gasteiger partial charge in [-0.15, -0.1) is 0 Å². The van der Waals surface area contributed by atoms with Crippen LogP contribution in [0.2, 0.25) is 0 Å². The lowest BCUT2D eigenvalue weighted by Crippen LogP contribution is -2.05. The second-order valence-electron chi connectivity index (χ2n) is 5.63. The molecule has 1 aromatic rings. The molecule has 0 amide bonds. The molecule has 2 nitrogen and oxygen atoms in total. The highest BCUT2D eigenvalue weighted by Crippen LogP contribution is 2.10. The molecule has 0 radical (unpaired) electrons. The third kappa shape index (κ3) is 9.06. The van der Waals surface area contributed by atoms with E-state index in [9.17, 15) is 4.79 Å². The van der Waals surface area contributed by atoms with E-state index >= 15 is 0 Å². The van der Waals surface area contributed by atoms with Crippen molar-refractivity contribution in [1.82, 2.24) is 0 Å². The Balaban J connectivity index is 1.85. The molecule has 0 aliphatic heterocycles. The minimum absolute atomic E-state index is 0.268. The molecule has 0 aliphatic rings. The fraction of sp³-hybridized carbons (Fsp3) is 0.526. The Hall–Kier alpha value is -1.57. The molecule has 0 bridgehead atoms. The smallest absolute Gasteiger partial charge is 0.333 e. The summed E-state index contributed by atoms with van der Waals surface area (Å²) in [5, 5.41) is 0. The van der Waals surface area contributed by atoms with Gasteiger partial charge in [0.15, 0.2) is 0 Å². The molecule has 1 rings (SSSR count). The summed E-state index contributed by atoms with van der Waals surface area (Å²) >= 11 is 0. The van der Waals surface area contributed by atoms with Gasteiger partial charge in [0, 0.05) is 5.57 Å². The maximum atomic E-state index is 11.1. The summed E-state index contributed by atoms with van der Waals surface area (Å²) in [6.07, 6.45) is 9.69. The van der Waals surface area contributed by atoms with Crippen LogP contribution in [0.25, 0.3) is 0 Å². The van der Waals surface area contributed by atoms with Gasteiger partial charge in [-0.05, 0) is 31.7 Å². The molecule has 0 saturated heterocycles. The van der Waals surface area contributed by atoms with Crippen molar-refractivity contribution in [3.8, 4) is 0 Å². The Kier molecular flexibility index (Phi) is 9.26. The Bertz CT molecular complexity index is 409. The summed E-state index contributed by atoms with van der Waals surface area (Å²) in [5.74, 6) is -0.268. The molecule has 0 heterocycles. The first-order valence-electron chi connectivity index (χ1n) is 8.06. The van der Waals surface area contributed by atoms with Crippen LogP contribution in [0.1, 0.15) is 57.4 Å². The molecule has 0 aromatic heterocycles. The molecule has 0 unspecified atom stereocenters. The fourth-order valence-corrected chi connectivity index (χ4v) is 2.25. The highest BCUT2D eigenvalue weighted by atomic mass is 16.5. The van der Waals surface area contributed by atoms with Gasteiger partial charge in [-0.3, -0.25) is 0 Å². The summed E-state index contributed by atoms with van der Waals surface area (Å²) in [5.41, 5.74) is 1.92. The van der Waals surface area contributed by atoms with Crippen LogP contribution >= 0.6 is 0 Å². The molecule has 0 saturated carbocycles. The van der Waals surface area contributed by atoms with E-state index < -0.39 is 0 Å². The zero-order chi connectivity index (χ0) is 15.3. The van der Waals surface area contributed by atoms with Crippen molar-refractivity contribution >= 4 is 5.97 Å². The van der Waals surface area contributed by atoms with Gasteiger partial charge in [0.25, 0.3) is 0 Å². The number of rotatable bonds is 11. The highest BCUT2D eigenvalue weighted by molar-refractivity contribution is 5.86. The predicted molar refractivity (Wildman–Crippen MR) is 88.2 cm³/mol. The van der Waals surface area contributed by atoms with Gasteiger partial charge >= 0.3 is 5.97 Å². The van der Waals surface area contributed by atoms with Crippen molar-refractivity contribution in [2.24, 2.45) is 0 Å². The van der Waals surface area contributed by atoms with Crippen molar-refractivity contribution < 1.29 is 9.53 Å². The van der Waals surface area contributed by atoms with Crippen LogP contribution in [-0.2, 0) is 16.0 Å². The summed E-state index contributed by atoms with van der Waals surface area (Å²) in [6, 6.07) is 10.7. The minimum atomic E-state index is -0.268. The van der Waals surface area contributed by atoms with Gasteiger partial charge in [-0.2, -0.15) is 0 Å². The van der Waals surface area contributed by atoms with Crippen LogP contribution in [-0.4, -0.2) is 12.6 Å². The van der Waals surface area contributed by atoms with E-state index in [4.69, 9.17) is 4.74 Å². The summed E-state index contributed by atoms with van der Waals surface area (Å²) in [7, 11) is 0. The topological polar surface area (TPSA) is 26.3 Å². The van der Waals surface area contributed by atoms with E-state index in [1.807, 2.05) is 0 Å². The number of esters is 1. The lowest BCUT2D eigenvalue weighted by molar-refractivity contribution is -0.139. The average Bonchev–Trinajstić information content (AvgIpc) is 2.49. The number of ether oxygens (including phenoxy) is 1. The normalized spacial score (nSPS) is 10.3. The lowest BCUT2D eigenvalue weighted by Gasteiger charge is -2.04. The van der Waals surface area contributed by atoms with Crippen LogP contribution in [0.4, 0.5) is 0 Å². The van der Waals surface area contributed by atoms with Gasteiger partial charge in [0.1, 0.15) is 0 Å². The molecule has 0 fully saturated rings. The molecule has 0 N–H and O–H groups in total. The third-order valence-electron chi connectivity index (χ3n) is 3.53. The van der Waals surface area contributed by atoms with E-state index in [2.05, 4.69) is 36.9 Å². The Morgan fingerprint density at radius 2 is 1.52 bits per heavy atom. The molecule has 0 spiro atoms. The molecule has 21 heavy (non-hydrogen) atoms. The Morgan fingerprint density at radius 3 is 2.14 bits per heavy atom. The summed E-state index contributed by atoms with van der Waals surface area (Å²) < 4.78 is 5.06. The largest absolute Gasteiger partial charge is 0.462 e. The summed E-state index contributed by atoms with van der Waals surface area (Å²) in [4.78, 5) is 11.1. The number of unbranched alkanes of at least 4 members (excludes halogenated alkanes) is 6. The highest BCUT2D eigenvalue weighted by Gasteiger charge is 2.01. The van der Waals surface area contributed by atoms with Gasteiger partial charge in [-0.1, -0.05) is 69.0 Å². The Morgan fingerprint density at radius 1 is 0.952 bits per heavy atom. The van der Waals surface area contributed by atoms with Gasteiger partial charge < -0.3 is 4.74 Å². The minimum Gasteiger partial charge on any atom is -0.462 e. The molecular formula is C19H28O2. The average molecular weight is 288 g/mol. The van der Waals surface area contributed by atoms with E-state index in [-0.39, 0.29) is 5.97 Å². The van der Waals surface area contributed by atoms with Crippen molar-refractivity contribution in [3.63, 3.8) is 0 Å². The third-order valence-corrected chi connectivity index (χ3v) is 3.53. The second-order valence-corrected chi connectivity index (χ2v) is 5.63. The number of carbonyl (C=O) groups excluding carboxylic acids is 1. The maximum absolute atomic E-state index is 11.1. The number of aryl methyl sites for hydroxylation is 1. The first-order chi connectivity index (χ1) is 10.2. The van der Waals surface area contributed by atoms with Crippen LogP contribution in [0.3, 0.4) is 0 Å². The van der Waals surface area contributed by atoms with E-state index in [0.29, 0.717) is 12.2 Å². The molecule has 0 aliphatic carbocycles. The molecule has 0 atom stereocenters. The van der Waals surface area contributed by atoms with E-state index in [1.54, 1.807) is 6.92 Å². The fourth-order valence-electron chi connectivity index (χ4n) is 2.25. The van der Waals surface area contributed by atoms with Crippen molar-refractivity contribution in [1.29, 1.82) is 0 Å². The second kappa shape index (κ2) is 11.1. The number of hydrogen-bond acceptors (Lipinski definition) is 2. The monoisotopic (exact) mass is 288 g/mol. The molecule has 2 heteroatoms. The number of hydrogen-bond donors (Lipinski definition) is 0. The van der Waals surface area contributed by atoms with Crippen LogP contribution in [0, 0.1) is 0 Å². The molecule has 1 aromatic carbocycles. The van der Waals surface area contributed by atoms with Gasteiger partial charge in [0.05, 0.1) is 6.61 Å². The summed E-state index contributed by atoms with van der Waals surface area (Å²) in [6.45, 7) is 5.77.